The van der Waals surface area contributed by atoms with Crippen molar-refractivity contribution in [2.24, 2.45) is 0 Å². The van der Waals surface area contributed by atoms with Gasteiger partial charge in [0.2, 0.25) is 0 Å². The van der Waals surface area contributed by atoms with Crippen LogP contribution in [0.25, 0.3) is 0 Å². The molecule has 0 aliphatic carbocycles. The number of rotatable bonds is 2. The van der Waals surface area contributed by atoms with E-state index in [-0.39, 0.29) is 0 Å². The predicted molar refractivity (Wildman–Crippen MR) is 34.7 cm³/mol. The van der Waals surface area contributed by atoms with E-state index in [4.69, 9.17) is 0 Å². The molecule has 60 valence electrons. The lowest BCUT2D eigenvalue weighted by atomic mass is 10.1. The first-order valence-corrected chi connectivity index (χ1v) is 3.20. The molecule has 0 atom stereocenters. The van der Waals surface area contributed by atoms with Gasteiger partial charge in [-0.1, -0.05) is 18.6 Å². The monoisotopic (exact) mass is 152 g/mol. The molecule has 0 bridgehead atoms. The highest BCUT2D eigenvalue weighted by molar-refractivity contribution is 5.00. The van der Waals surface area contributed by atoms with Gasteiger partial charge in [0.1, 0.15) is 0 Å². The van der Waals surface area contributed by atoms with Crippen LogP contribution in [0.5, 0.6) is 0 Å². The first-order valence-electron chi connectivity index (χ1n) is 3.20. The van der Waals surface area contributed by atoms with E-state index in [9.17, 15) is 13.2 Å². The summed E-state index contributed by atoms with van der Waals surface area (Å²) in [6.07, 6.45) is -2.80. The van der Waals surface area contributed by atoms with Crippen LogP contribution < -0.4 is 0 Å². The van der Waals surface area contributed by atoms with E-state index < -0.39 is 12.6 Å². The summed E-state index contributed by atoms with van der Waals surface area (Å²) in [7, 11) is 0. The largest absolute Gasteiger partial charge is 0.392 e. The van der Waals surface area contributed by atoms with Gasteiger partial charge in [-0.05, 0) is 13.3 Å². The van der Waals surface area contributed by atoms with Crippen molar-refractivity contribution in [3.05, 3.63) is 11.6 Å². The Kier molecular flexibility index (Phi) is 3.47. The van der Waals surface area contributed by atoms with Gasteiger partial charge in [-0.15, -0.1) is 0 Å². The van der Waals surface area contributed by atoms with Gasteiger partial charge in [-0.2, -0.15) is 13.2 Å². The SMILES string of the molecule is C/C=C(\CC)CC(F)(F)F. The first kappa shape index (κ1) is 9.53. The van der Waals surface area contributed by atoms with E-state index in [0.29, 0.717) is 12.0 Å². The quantitative estimate of drug-likeness (QED) is 0.532. The van der Waals surface area contributed by atoms with Crippen LogP contribution >= 0.6 is 0 Å². The van der Waals surface area contributed by atoms with Gasteiger partial charge in [0.25, 0.3) is 0 Å². The Bertz CT molecular complexity index is 121. The molecular formula is C7H11F3. The highest BCUT2D eigenvalue weighted by Crippen LogP contribution is 2.25. The van der Waals surface area contributed by atoms with Crippen molar-refractivity contribution in [2.45, 2.75) is 32.9 Å². The van der Waals surface area contributed by atoms with Gasteiger partial charge in [0.15, 0.2) is 0 Å². The molecule has 0 rings (SSSR count). The summed E-state index contributed by atoms with van der Waals surface area (Å²) < 4.78 is 34.9. The zero-order chi connectivity index (χ0) is 8.20. The molecular weight excluding hydrogens is 141 g/mol. The van der Waals surface area contributed by atoms with E-state index in [1.807, 2.05) is 0 Å². The lowest BCUT2D eigenvalue weighted by molar-refractivity contribution is -0.127. The molecule has 0 saturated carbocycles. The second-order valence-corrected chi connectivity index (χ2v) is 2.09. The molecule has 0 saturated heterocycles. The Morgan fingerprint density at radius 1 is 1.40 bits per heavy atom. The van der Waals surface area contributed by atoms with E-state index in [1.54, 1.807) is 13.8 Å². The number of hydrogen-bond acceptors (Lipinski definition) is 0. The summed E-state index contributed by atoms with van der Waals surface area (Å²) in [6.45, 7) is 3.35. The van der Waals surface area contributed by atoms with Crippen LogP contribution in [0.4, 0.5) is 13.2 Å². The first-order chi connectivity index (χ1) is 4.49. The minimum absolute atomic E-state index is 0.451. The van der Waals surface area contributed by atoms with Gasteiger partial charge >= 0.3 is 6.18 Å². The second kappa shape index (κ2) is 3.64. The molecule has 0 radical (unpaired) electrons. The van der Waals surface area contributed by atoms with Gasteiger partial charge in [0.05, 0.1) is 6.42 Å². The molecule has 0 heterocycles. The van der Waals surface area contributed by atoms with Crippen LogP contribution in [0.1, 0.15) is 26.7 Å². The van der Waals surface area contributed by atoms with E-state index in [0.717, 1.165) is 0 Å². The van der Waals surface area contributed by atoms with Crippen molar-refractivity contribution in [2.75, 3.05) is 0 Å². The fourth-order valence-corrected chi connectivity index (χ4v) is 0.689. The van der Waals surface area contributed by atoms with E-state index in [1.165, 1.54) is 6.08 Å². The smallest absolute Gasteiger partial charge is 0.171 e. The van der Waals surface area contributed by atoms with E-state index in [2.05, 4.69) is 0 Å². The molecule has 0 unspecified atom stereocenters. The van der Waals surface area contributed by atoms with Crippen molar-refractivity contribution in [1.29, 1.82) is 0 Å². The zero-order valence-electron chi connectivity index (χ0n) is 6.13. The molecule has 0 fully saturated rings. The van der Waals surface area contributed by atoms with Crippen LogP contribution in [-0.2, 0) is 0 Å². The summed E-state index contributed by atoms with van der Waals surface area (Å²) in [5.74, 6) is 0. The molecule has 0 aromatic carbocycles. The van der Waals surface area contributed by atoms with Gasteiger partial charge in [-0.25, -0.2) is 0 Å². The maximum Gasteiger partial charge on any atom is 0.392 e. The predicted octanol–water partition coefficient (Wildman–Crippen LogP) is 3.30. The molecule has 0 nitrogen and oxygen atoms in total. The molecule has 0 aromatic rings. The van der Waals surface area contributed by atoms with Crippen LogP contribution in [0.2, 0.25) is 0 Å². The fraction of sp³-hybridized carbons (Fsp3) is 0.714. The summed E-state index contributed by atoms with van der Waals surface area (Å²) in [5, 5.41) is 0. The lowest BCUT2D eigenvalue weighted by Crippen LogP contribution is -2.07. The third kappa shape index (κ3) is 4.41. The molecule has 3 heteroatoms. The summed E-state index contributed by atoms with van der Waals surface area (Å²) in [5.41, 5.74) is 0.451. The highest BCUT2D eigenvalue weighted by Gasteiger charge is 2.27. The van der Waals surface area contributed by atoms with Crippen molar-refractivity contribution in [3.63, 3.8) is 0 Å². The standard InChI is InChI=1S/C7H11F3/c1-3-6(4-2)5-7(8,9)10/h3H,4-5H2,1-2H3/b6-3+. The number of hydrogen-bond donors (Lipinski definition) is 0. The molecule has 10 heavy (non-hydrogen) atoms. The molecule has 0 aliphatic rings. The average Bonchev–Trinajstić information content (AvgIpc) is 1.81. The minimum atomic E-state index is -4.04. The van der Waals surface area contributed by atoms with Gasteiger partial charge in [0, 0.05) is 0 Å². The van der Waals surface area contributed by atoms with Gasteiger partial charge in [-0.3, -0.25) is 0 Å². The zero-order valence-corrected chi connectivity index (χ0v) is 6.13. The Morgan fingerprint density at radius 2 is 1.90 bits per heavy atom. The van der Waals surface area contributed by atoms with Crippen molar-refractivity contribution >= 4 is 0 Å². The number of allylic oxidation sites excluding steroid dienone is 2. The molecule has 0 amide bonds. The minimum Gasteiger partial charge on any atom is -0.171 e. The summed E-state index contributed by atoms with van der Waals surface area (Å²) in [4.78, 5) is 0. The topological polar surface area (TPSA) is 0 Å². The molecule has 0 spiro atoms. The third-order valence-electron chi connectivity index (χ3n) is 1.29. The van der Waals surface area contributed by atoms with Crippen LogP contribution in [0.3, 0.4) is 0 Å². The third-order valence-corrected chi connectivity index (χ3v) is 1.29. The molecule has 0 N–H and O–H groups in total. The van der Waals surface area contributed by atoms with Crippen molar-refractivity contribution < 1.29 is 13.2 Å². The maximum atomic E-state index is 11.6. The number of halogens is 3. The van der Waals surface area contributed by atoms with Crippen molar-refractivity contribution in [1.82, 2.24) is 0 Å². The summed E-state index contributed by atoms with van der Waals surface area (Å²) >= 11 is 0. The average molecular weight is 152 g/mol. The normalized spacial score (nSPS) is 13.9. The van der Waals surface area contributed by atoms with Gasteiger partial charge < -0.3 is 0 Å². The maximum absolute atomic E-state index is 11.6. The summed E-state index contributed by atoms with van der Waals surface area (Å²) in [6, 6.07) is 0. The molecule has 0 aliphatic heterocycles. The fourth-order valence-electron chi connectivity index (χ4n) is 0.689. The molecule has 0 aromatic heterocycles. The van der Waals surface area contributed by atoms with E-state index >= 15 is 0 Å². The van der Waals surface area contributed by atoms with Crippen LogP contribution in [0.15, 0.2) is 11.6 Å². The second-order valence-electron chi connectivity index (χ2n) is 2.09. The Hall–Kier alpha value is -0.470. The highest BCUT2D eigenvalue weighted by atomic mass is 19.4. The Balaban J connectivity index is 3.88. The lowest BCUT2D eigenvalue weighted by Gasteiger charge is -2.06. The number of alkyl halides is 3. The van der Waals surface area contributed by atoms with Crippen molar-refractivity contribution in [3.8, 4) is 0 Å². The van der Waals surface area contributed by atoms with Crippen LogP contribution in [0, 0.1) is 0 Å². The van der Waals surface area contributed by atoms with Crippen LogP contribution in [-0.4, -0.2) is 6.18 Å². The Labute approximate surface area is 58.7 Å². The Morgan fingerprint density at radius 3 is 2.00 bits per heavy atom.